The summed E-state index contributed by atoms with van der Waals surface area (Å²) in [6.45, 7) is 4.36. The van der Waals surface area contributed by atoms with Crippen molar-refractivity contribution in [1.82, 2.24) is 9.97 Å². The monoisotopic (exact) mass is 309 g/mol. The van der Waals surface area contributed by atoms with E-state index in [1.807, 2.05) is 13.8 Å². The average Bonchev–Trinajstić information content (AvgIpc) is 2.32. The molecule has 1 aromatic heterocycles. The van der Waals surface area contributed by atoms with Crippen LogP contribution in [0, 0.1) is 19.7 Å². The zero-order valence-electron chi connectivity index (χ0n) is 10.2. The quantitative estimate of drug-likeness (QED) is 0.941. The fourth-order valence-electron chi connectivity index (χ4n) is 1.55. The Bertz CT molecular complexity index is 572. The van der Waals surface area contributed by atoms with Crippen LogP contribution in [-0.4, -0.2) is 9.97 Å². The third-order valence-electron chi connectivity index (χ3n) is 2.54. The highest BCUT2D eigenvalue weighted by Crippen LogP contribution is 2.19. The maximum Gasteiger partial charge on any atom is 0.148 e. The van der Waals surface area contributed by atoms with Crippen molar-refractivity contribution < 1.29 is 4.39 Å². The highest BCUT2D eigenvalue weighted by molar-refractivity contribution is 9.10. The number of nitrogens with zero attached hydrogens (tertiary/aromatic N) is 2. The molecule has 1 aromatic carbocycles. The molecule has 0 spiro atoms. The van der Waals surface area contributed by atoms with Gasteiger partial charge in [-0.15, -0.1) is 0 Å². The van der Waals surface area contributed by atoms with E-state index in [4.69, 9.17) is 0 Å². The molecule has 0 saturated heterocycles. The Labute approximate surface area is 114 Å². The van der Waals surface area contributed by atoms with Crippen LogP contribution in [0.25, 0.3) is 0 Å². The molecule has 5 heteroatoms. The third kappa shape index (κ3) is 3.04. The van der Waals surface area contributed by atoms with Crippen LogP contribution in [0.15, 0.2) is 28.9 Å². The van der Waals surface area contributed by atoms with E-state index in [2.05, 4.69) is 31.2 Å². The van der Waals surface area contributed by atoms with Gasteiger partial charge in [-0.2, -0.15) is 0 Å². The van der Waals surface area contributed by atoms with Gasteiger partial charge in [0, 0.05) is 17.2 Å². The van der Waals surface area contributed by atoms with Crippen LogP contribution >= 0.6 is 15.9 Å². The lowest BCUT2D eigenvalue weighted by Gasteiger charge is -2.10. The van der Waals surface area contributed by atoms with E-state index in [-0.39, 0.29) is 5.82 Å². The van der Waals surface area contributed by atoms with Gasteiger partial charge in [0.15, 0.2) is 0 Å². The molecule has 0 aliphatic carbocycles. The van der Waals surface area contributed by atoms with Gasteiger partial charge in [-0.25, -0.2) is 9.37 Å². The van der Waals surface area contributed by atoms with Gasteiger partial charge in [0.1, 0.15) is 11.6 Å². The molecule has 0 radical (unpaired) electrons. The summed E-state index contributed by atoms with van der Waals surface area (Å²) in [6.07, 6.45) is 1.73. The number of anilines is 1. The summed E-state index contributed by atoms with van der Waals surface area (Å²) >= 11 is 3.34. The Morgan fingerprint density at radius 1 is 1.33 bits per heavy atom. The van der Waals surface area contributed by atoms with Gasteiger partial charge in [-0.1, -0.05) is 22.0 Å². The van der Waals surface area contributed by atoms with E-state index in [1.54, 1.807) is 12.3 Å². The van der Waals surface area contributed by atoms with E-state index < -0.39 is 0 Å². The summed E-state index contributed by atoms with van der Waals surface area (Å²) in [5, 5.41) is 3.20. The Kier molecular flexibility index (Phi) is 3.91. The lowest BCUT2D eigenvalue weighted by molar-refractivity contribution is 0.626. The number of aryl methyl sites for hydroxylation is 2. The number of hydrogen-bond donors (Lipinski definition) is 1. The highest BCUT2D eigenvalue weighted by Gasteiger charge is 2.04. The number of benzene rings is 1. The molecule has 0 aliphatic rings. The van der Waals surface area contributed by atoms with Gasteiger partial charge in [0.25, 0.3) is 0 Å². The van der Waals surface area contributed by atoms with Crippen LogP contribution in [0.3, 0.4) is 0 Å². The molecule has 18 heavy (non-hydrogen) atoms. The second kappa shape index (κ2) is 5.44. The van der Waals surface area contributed by atoms with Crippen molar-refractivity contribution in [2.75, 3.05) is 5.32 Å². The summed E-state index contributed by atoms with van der Waals surface area (Å²) in [6, 6.07) is 4.63. The first-order chi connectivity index (χ1) is 8.56. The molecule has 2 rings (SSSR count). The summed E-state index contributed by atoms with van der Waals surface area (Å²) in [5.41, 5.74) is 2.68. The molecule has 0 atom stereocenters. The molecule has 1 heterocycles. The van der Waals surface area contributed by atoms with Crippen molar-refractivity contribution in [1.29, 1.82) is 0 Å². The Morgan fingerprint density at radius 2 is 2.11 bits per heavy atom. The van der Waals surface area contributed by atoms with Gasteiger partial charge in [0.2, 0.25) is 0 Å². The minimum Gasteiger partial charge on any atom is -0.364 e. The lowest BCUT2D eigenvalue weighted by atomic mass is 10.2. The second-order valence-corrected chi connectivity index (χ2v) is 4.89. The summed E-state index contributed by atoms with van der Waals surface area (Å²) < 4.78 is 13.7. The lowest BCUT2D eigenvalue weighted by Crippen LogP contribution is -2.05. The smallest absolute Gasteiger partial charge is 0.148 e. The molecule has 0 bridgehead atoms. The highest BCUT2D eigenvalue weighted by atomic mass is 79.9. The summed E-state index contributed by atoms with van der Waals surface area (Å²) in [7, 11) is 0. The molecule has 0 amide bonds. The fourth-order valence-corrected chi connectivity index (χ4v) is 2.04. The topological polar surface area (TPSA) is 37.8 Å². The van der Waals surface area contributed by atoms with Crippen LogP contribution in [0.5, 0.6) is 0 Å². The van der Waals surface area contributed by atoms with E-state index in [0.717, 1.165) is 27.2 Å². The second-order valence-electron chi connectivity index (χ2n) is 4.03. The summed E-state index contributed by atoms with van der Waals surface area (Å²) in [5.74, 6) is 0.503. The van der Waals surface area contributed by atoms with Crippen molar-refractivity contribution >= 4 is 21.7 Å². The molecule has 0 unspecified atom stereocenters. The van der Waals surface area contributed by atoms with Gasteiger partial charge in [-0.05, 0) is 31.5 Å². The Balaban J connectivity index is 2.13. The predicted molar refractivity (Wildman–Crippen MR) is 72.9 cm³/mol. The molecule has 0 saturated carbocycles. The predicted octanol–water partition coefficient (Wildman–Crippen LogP) is 3.61. The fraction of sp³-hybridized carbons (Fsp3) is 0.231. The van der Waals surface area contributed by atoms with Gasteiger partial charge < -0.3 is 5.32 Å². The molecule has 0 fully saturated rings. The van der Waals surface area contributed by atoms with Crippen molar-refractivity contribution in [2.45, 2.75) is 20.4 Å². The van der Waals surface area contributed by atoms with Crippen LogP contribution in [0.1, 0.15) is 17.0 Å². The van der Waals surface area contributed by atoms with E-state index in [9.17, 15) is 4.39 Å². The van der Waals surface area contributed by atoms with E-state index >= 15 is 0 Å². The number of rotatable bonds is 3. The van der Waals surface area contributed by atoms with Crippen LogP contribution < -0.4 is 5.32 Å². The summed E-state index contributed by atoms with van der Waals surface area (Å²) in [4.78, 5) is 8.60. The normalized spacial score (nSPS) is 10.4. The van der Waals surface area contributed by atoms with Crippen LogP contribution in [0.2, 0.25) is 0 Å². The minimum atomic E-state index is -0.253. The molecular weight excluding hydrogens is 297 g/mol. The standard InChI is InChI=1S/C13H13BrFN3/c1-8-6-16-9(2)13(18-8)17-7-10-3-4-11(15)5-12(10)14/h3-6H,7H2,1-2H3,(H,17,18). The van der Waals surface area contributed by atoms with Gasteiger partial charge in [-0.3, -0.25) is 4.98 Å². The number of nitrogens with one attached hydrogen (secondary N) is 1. The maximum atomic E-state index is 13.0. The van der Waals surface area contributed by atoms with Gasteiger partial charge >= 0.3 is 0 Å². The average molecular weight is 310 g/mol. The van der Waals surface area contributed by atoms with Crippen LogP contribution in [-0.2, 0) is 6.54 Å². The molecule has 2 aromatic rings. The van der Waals surface area contributed by atoms with Crippen molar-refractivity contribution in [3.05, 3.63) is 51.6 Å². The zero-order chi connectivity index (χ0) is 13.1. The third-order valence-corrected chi connectivity index (χ3v) is 3.28. The number of halogens is 2. The molecular formula is C13H13BrFN3. The van der Waals surface area contributed by atoms with Crippen LogP contribution in [0.4, 0.5) is 10.2 Å². The van der Waals surface area contributed by atoms with Gasteiger partial charge in [0.05, 0.1) is 11.4 Å². The Hall–Kier alpha value is -1.49. The SMILES string of the molecule is Cc1cnc(C)c(NCc2ccc(F)cc2Br)n1. The maximum absolute atomic E-state index is 13.0. The molecule has 94 valence electrons. The first-order valence-electron chi connectivity index (χ1n) is 5.54. The van der Waals surface area contributed by atoms with E-state index in [0.29, 0.717) is 6.54 Å². The first-order valence-corrected chi connectivity index (χ1v) is 6.33. The minimum absolute atomic E-state index is 0.253. The van der Waals surface area contributed by atoms with Crippen molar-refractivity contribution in [3.63, 3.8) is 0 Å². The molecule has 1 N–H and O–H groups in total. The van der Waals surface area contributed by atoms with Crippen molar-refractivity contribution in [2.24, 2.45) is 0 Å². The number of hydrogen-bond acceptors (Lipinski definition) is 3. The number of aromatic nitrogens is 2. The van der Waals surface area contributed by atoms with Crippen molar-refractivity contribution in [3.8, 4) is 0 Å². The van der Waals surface area contributed by atoms with E-state index in [1.165, 1.54) is 12.1 Å². The zero-order valence-corrected chi connectivity index (χ0v) is 11.8. The Morgan fingerprint density at radius 3 is 2.83 bits per heavy atom. The first kappa shape index (κ1) is 13.0. The molecule has 0 aliphatic heterocycles. The largest absolute Gasteiger partial charge is 0.364 e. The molecule has 3 nitrogen and oxygen atoms in total.